The summed E-state index contributed by atoms with van der Waals surface area (Å²) >= 11 is 0. The van der Waals surface area contributed by atoms with Crippen molar-refractivity contribution in [3.63, 3.8) is 0 Å². The first kappa shape index (κ1) is 16.3. The van der Waals surface area contributed by atoms with E-state index in [-0.39, 0.29) is 18.6 Å². The van der Waals surface area contributed by atoms with Gasteiger partial charge in [-0.1, -0.05) is 6.07 Å². The molecular formula is C19H18N2O5. The Balaban J connectivity index is 1.36. The molecule has 2 aromatic rings. The third-order valence-corrected chi connectivity index (χ3v) is 4.27. The van der Waals surface area contributed by atoms with Crippen molar-refractivity contribution in [1.29, 1.82) is 0 Å². The minimum atomic E-state index is -0.523. The maximum absolute atomic E-state index is 12.2. The van der Waals surface area contributed by atoms with Crippen molar-refractivity contribution >= 4 is 23.2 Å². The van der Waals surface area contributed by atoms with Gasteiger partial charge in [0.15, 0.2) is 17.6 Å². The number of ether oxygens (including phenoxy) is 3. The Morgan fingerprint density at radius 2 is 1.96 bits per heavy atom. The number of amides is 2. The molecule has 2 aliphatic rings. The predicted molar refractivity (Wildman–Crippen MR) is 94.7 cm³/mol. The molecule has 7 heteroatoms. The van der Waals surface area contributed by atoms with E-state index in [1.54, 1.807) is 25.1 Å². The molecule has 26 heavy (non-hydrogen) atoms. The van der Waals surface area contributed by atoms with Crippen molar-refractivity contribution in [2.45, 2.75) is 25.9 Å². The van der Waals surface area contributed by atoms with Crippen LogP contribution in [0.5, 0.6) is 17.2 Å². The van der Waals surface area contributed by atoms with Gasteiger partial charge in [0, 0.05) is 12.1 Å². The van der Waals surface area contributed by atoms with Crippen LogP contribution in [0.25, 0.3) is 0 Å². The summed E-state index contributed by atoms with van der Waals surface area (Å²) in [6, 6.07) is 10.8. The number of carbonyl (C=O) groups excluding carboxylic acids is 2. The normalized spacial score (nSPS) is 17.1. The third kappa shape index (κ3) is 3.28. The summed E-state index contributed by atoms with van der Waals surface area (Å²) in [7, 11) is 0. The highest BCUT2D eigenvalue weighted by Gasteiger charge is 2.23. The summed E-state index contributed by atoms with van der Waals surface area (Å²) in [5.74, 6) is 1.71. The molecule has 4 rings (SSSR count). The summed E-state index contributed by atoms with van der Waals surface area (Å²) in [5, 5.41) is 5.60. The van der Waals surface area contributed by atoms with E-state index >= 15 is 0 Å². The first-order valence-corrected chi connectivity index (χ1v) is 8.38. The lowest BCUT2D eigenvalue weighted by atomic mass is 10.1. The summed E-state index contributed by atoms with van der Waals surface area (Å²) in [6.45, 7) is 1.92. The van der Waals surface area contributed by atoms with Crippen molar-refractivity contribution in [2.75, 3.05) is 17.4 Å². The second-order valence-electron chi connectivity index (χ2n) is 6.20. The van der Waals surface area contributed by atoms with Gasteiger partial charge in [0.05, 0.1) is 5.69 Å². The lowest BCUT2D eigenvalue weighted by Gasteiger charge is -2.23. The molecule has 1 unspecified atom stereocenters. The van der Waals surface area contributed by atoms with Gasteiger partial charge in [-0.15, -0.1) is 0 Å². The second kappa shape index (κ2) is 6.59. The monoisotopic (exact) mass is 354 g/mol. The molecular weight excluding hydrogens is 336 g/mol. The molecule has 2 aromatic carbocycles. The van der Waals surface area contributed by atoms with Crippen LogP contribution in [0.3, 0.4) is 0 Å². The van der Waals surface area contributed by atoms with Crippen LogP contribution in [0.4, 0.5) is 11.4 Å². The maximum Gasteiger partial charge on any atom is 0.265 e. The van der Waals surface area contributed by atoms with E-state index in [1.165, 1.54) is 0 Å². The number of hydrogen-bond acceptors (Lipinski definition) is 5. The van der Waals surface area contributed by atoms with Crippen LogP contribution in [-0.4, -0.2) is 24.7 Å². The Hall–Kier alpha value is -3.22. The highest BCUT2D eigenvalue weighted by molar-refractivity contribution is 5.99. The van der Waals surface area contributed by atoms with Crippen molar-refractivity contribution in [3.8, 4) is 17.2 Å². The molecule has 2 aliphatic heterocycles. The van der Waals surface area contributed by atoms with Crippen molar-refractivity contribution in [2.24, 2.45) is 0 Å². The van der Waals surface area contributed by atoms with E-state index < -0.39 is 6.10 Å². The molecule has 0 saturated heterocycles. The summed E-state index contributed by atoms with van der Waals surface area (Å²) in [6.07, 6.45) is 0.395. The Morgan fingerprint density at radius 3 is 2.85 bits per heavy atom. The summed E-state index contributed by atoms with van der Waals surface area (Å²) in [4.78, 5) is 23.9. The molecule has 0 fully saturated rings. The van der Waals surface area contributed by atoms with Crippen molar-refractivity contribution in [3.05, 3.63) is 42.0 Å². The van der Waals surface area contributed by atoms with E-state index in [1.807, 2.05) is 18.2 Å². The molecule has 134 valence electrons. The number of benzene rings is 2. The van der Waals surface area contributed by atoms with Crippen LogP contribution in [0.15, 0.2) is 36.4 Å². The highest BCUT2D eigenvalue weighted by atomic mass is 16.7. The molecule has 0 spiro atoms. The smallest absolute Gasteiger partial charge is 0.265 e. The van der Waals surface area contributed by atoms with Gasteiger partial charge in [-0.3, -0.25) is 9.59 Å². The molecule has 2 heterocycles. The number of hydrogen-bond donors (Lipinski definition) is 2. The fraction of sp³-hybridized carbons (Fsp3) is 0.263. The first-order valence-electron chi connectivity index (χ1n) is 8.38. The standard InChI is InChI=1S/C19H18N2O5/c1-11-19(23)21-14-9-13(4-6-15(14)26-11)20-18(22)7-3-12-2-5-16-17(8-12)25-10-24-16/h2,4-6,8-9,11H,3,7,10H2,1H3,(H,20,22)(H,21,23). The van der Waals surface area contributed by atoms with Gasteiger partial charge in [0.2, 0.25) is 12.7 Å². The minimum Gasteiger partial charge on any atom is -0.479 e. The average Bonchev–Trinajstić information content (AvgIpc) is 3.09. The molecule has 7 nitrogen and oxygen atoms in total. The molecule has 0 aromatic heterocycles. The molecule has 1 atom stereocenters. The molecule has 2 N–H and O–H groups in total. The van der Waals surface area contributed by atoms with Crippen LogP contribution in [0, 0.1) is 0 Å². The zero-order chi connectivity index (χ0) is 18.1. The maximum atomic E-state index is 12.2. The molecule has 0 aliphatic carbocycles. The molecule has 0 bridgehead atoms. The van der Waals surface area contributed by atoms with Crippen LogP contribution in [-0.2, 0) is 16.0 Å². The Labute approximate surface area is 150 Å². The topological polar surface area (TPSA) is 85.9 Å². The Kier molecular flexibility index (Phi) is 4.12. The number of fused-ring (bicyclic) bond motifs is 2. The number of anilines is 2. The number of rotatable bonds is 4. The SMILES string of the molecule is CC1Oc2ccc(NC(=O)CCc3ccc4c(c3)OCO4)cc2NC1=O. The largest absolute Gasteiger partial charge is 0.479 e. The lowest BCUT2D eigenvalue weighted by Crippen LogP contribution is -2.34. The van der Waals surface area contributed by atoms with Gasteiger partial charge < -0.3 is 24.8 Å². The van der Waals surface area contributed by atoms with Crippen molar-refractivity contribution in [1.82, 2.24) is 0 Å². The van der Waals surface area contributed by atoms with Crippen LogP contribution in [0.1, 0.15) is 18.9 Å². The van der Waals surface area contributed by atoms with Gasteiger partial charge in [-0.05, 0) is 49.2 Å². The lowest BCUT2D eigenvalue weighted by molar-refractivity contribution is -0.122. The predicted octanol–water partition coefficient (Wildman–Crippen LogP) is 2.71. The molecule has 2 amide bonds. The van der Waals surface area contributed by atoms with Crippen molar-refractivity contribution < 1.29 is 23.8 Å². The second-order valence-corrected chi connectivity index (χ2v) is 6.20. The van der Waals surface area contributed by atoms with Crippen LogP contribution < -0.4 is 24.8 Å². The molecule has 0 radical (unpaired) electrons. The highest BCUT2D eigenvalue weighted by Crippen LogP contribution is 2.33. The fourth-order valence-corrected chi connectivity index (χ4v) is 2.86. The average molecular weight is 354 g/mol. The van der Waals surface area contributed by atoms with Gasteiger partial charge in [-0.25, -0.2) is 0 Å². The van der Waals surface area contributed by atoms with E-state index in [9.17, 15) is 9.59 Å². The Bertz CT molecular complexity index is 880. The number of nitrogens with one attached hydrogen (secondary N) is 2. The van der Waals surface area contributed by atoms with E-state index in [0.717, 1.165) is 11.3 Å². The number of carbonyl (C=O) groups is 2. The van der Waals surface area contributed by atoms with E-state index in [0.29, 0.717) is 35.7 Å². The van der Waals surface area contributed by atoms with E-state index in [2.05, 4.69) is 10.6 Å². The quantitative estimate of drug-likeness (QED) is 0.882. The number of aryl methyl sites for hydroxylation is 1. The zero-order valence-electron chi connectivity index (χ0n) is 14.2. The van der Waals surface area contributed by atoms with Gasteiger partial charge in [0.25, 0.3) is 5.91 Å². The van der Waals surface area contributed by atoms with Gasteiger partial charge in [0.1, 0.15) is 5.75 Å². The van der Waals surface area contributed by atoms with Crippen LogP contribution in [0.2, 0.25) is 0 Å². The van der Waals surface area contributed by atoms with E-state index in [4.69, 9.17) is 14.2 Å². The Morgan fingerprint density at radius 1 is 1.15 bits per heavy atom. The van der Waals surface area contributed by atoms with Gasteiger partial charge >= 0.3 is 0 Å². The zero-order valence-corrected chi connectivity index (χ0v) is 14.2. The minimum absolute atomic E-state index is 0.112. The fourth-order valence-electron chi connectivity index (χ4n) is 2.86. The summed E-state index contributed by atoms with van der Waals surface area (Å²) < 4.78 is 16.1. The molecule has 0 saturated carbocycles. The van der Waals surface area contributed by atoms with Crippen LogP contribution >= 0.6 is 0 Å². The summed E-state index contributed by atoms with van der Waals surface area (Å²) in [5.41, 5.74) is 2.17. The van der Waals surface area contributed by atoms with Gasteiger partial charge in [-0.2, -0.15) is 0 Å². The third-order valence-electron chi connectivity index (χ3n) is 4.27. The first-order chi connectivity index (χ1) is 12.6.